The minimum Gasteiger partial charge on any atom is -0.308 e. The minimum absolute atomic E-state index is 1.01. The van der Waals surface area contributed by atoms with E-state index < -0.39 is 0 Å². The van der Waals surface area contributed by atoms with Crippen molar-refractivity contribution in [3.05, 3.63) is 373 Å². The van der Waals surface area contributed by atoms with Crippen LogP contribution in [0.3, 0.4) is 0 Å². The first kappa shape index (κ1) is 98.3. The first-order valence-electron chi connectivity index (χ1n) is 50.8. The van der Waals surface area contributed by atoms with Crippen LogP contribution in [-0.2, 0) is 57.8 Å². The molecule has 0 spiro atoms. The molecular weight excluding hydrogens is 1570 g/mol. The molecule has 0 fully saturated rings. The molecule has 0 saturated heterocycles. The third-order valence-corrected chi connectivity index (χ3v) is 25.3. The Hall–Kier alpha value is -12.3. The van der Waals surface area contributed by atoms with E-state index in [2.05, 4.69) is 287 Å². The number of aromatic nitrogens is 3. The standard InChI is InChI=1S/3C33H21N.14C2H6/c1-3-9-24-19(6-1)16-21-12-14-25-28(30(21)24)18-22-13-15-27-26-10-5-8-23-17-20-7-2-4-11-29(20)34(32(23)26)33(27)31(22)25;1-3-9-23-19(6-1)17-28-24(23)13-12-21-18-29-25(31(21)28)14-15-27-26-10-5-8-22-16-20-7-2-4-11-30(20)34(32(22)26)33(27)29;1-3-9-24-19(6-1)16-21-12-13-22-18-28-25(31(22)30(21)24)14-15-27-26-10-5-8-23-17-20-7-2-4-11-29(20)34(32(23)26)33(27)28;14*1-2/h3*1-15H,16-18H2;14*1-2H3. The summed E-state index contributed by atoms with van der Waals surface area (Å²) in [6.45, 7) is 56.0. The summed E-state index contributed by atoms with van der Waals surface area (Å²) < 4.78 is 7.74. The average molecular weight is 1720 g/mol. The highest BCUT2D eigenvalue weighted by Crippen LogP contribution is 2.57. The molecule has 15 aromatic carbocycles. The molecule has 0 radical (unpaired) electrons. The Morgan fingerprint density at radius 2 is 0.362 bits per heavy atom. The van der Waals surface area contributed by atoms with Crippen LogP contribution < -0.4 is 0 Å². The maximum Gasteiger partial charge on any atom is 0.0622 e. The van der Waals surface area contributed by atoms with Crippen LogP contribution in [0.25, 0.3) is 149 Å². The zero-order valence-electron chi connectivity index (χ0n) is 84.2. The topological polar surface area (TPSA) is 14.8 Å². The van der Waals surface area contributed by atoms with Gasteiger partial charge in [-0.25, -0.2) is 0 Å². The molecule has 18 aromatic rings. The molecule has 0 amide bonds. The van der Waals surface area contributed by atoms with E-state index in [0.29, 0.717) is 0 Å². The Labute approximate surface area is 782 Å². The van der Waals surface area contributed by atoms with Crippen LogP contribution in [0.5, 0.6) is 0 Å². The zero-order chi connectivity index (χ0) is 93.9. The molecule has 3 heteroatoms. The molecule has 0 bridgehead atoms. The van der Waals surface area contributed by atoms with Gasteiger partial charge in [-0.3, -0.25) is 0 Å². The lowest BCUT2D eigenvalue weighted by atomic mass is 9.93. The van der Waals surface area contributed by atoms with Gasteiger partial charge in [0.2, 0.25) is 0 Å². The predicted octanol–water partition coefficient (Wildman–Crippen LogP) is 37.9. The van der Waals surface area contributed by atoms with Crippen molar-refractivity contribution in [1.82, 2.24) is 13.7 Å². The summed E-state index contributed by atoms with van der Waals surface area (Å²) in [5, 5.41) is 8.30. The lowest BCUT2D eigenvalue weighted by Gasteiger charge is -2.21. The van der Waals surface area contributed by atoms with Crippen molar-refractivity contribution in [3.63, 3.8) is 0 Å². The molecule has 0 N–H and O–H groups in total. The summed E-state index contributed by atoms with van der Waals surface area (Å²) in [5.41, 5.74) is 56.2. The summed E-state index contributed by atoms with van der Waals surface area (Å²) in [6, 6.07) is 103. The third-order valence-electron chi connectivity index (χ3n) is 25.3. The molecule has 3 nitrogen and oxygen atoms in total. The van der Waals surface area contributed by atoms with Crippen LogP contribution in [0.4, 0.5) is 0 Å². The third kappa shape index (κ3) is 16.3. The van der Waals surface area contributed by atoms with Gasteiger partial charge in [0.1, 0.15) is 0 Å². The summed E-state index contributed by atoms with van der Waals surface area (Å²) in [4.78, 5) is 0. The van der Waals surface area contributed by atoms with E-state index in [-0.39, 0.29) is 0 Å². The second-order valence-corrected chi connectivity index (χ2v) is 30.3. The number of benzene rings is 15. The molecule has 3 aromatic heterocycles. The molecule has 130 heavy (non-hydrogen) atoms. The number of fused-ring (bicyclic) bond motifs is 39. The van der Waals surface area contributed by atoms with Crippen molar-refractivity contribution >= 4 is 65.4 Å². The SMILES string of the molecule is CC.CC.CC.CC.CC.CC.CC.CC.CC.CC.CC.CC.CC.CC.c1ccc2c(c1)Cc1c-2ccc2c1-c1ccc3c4cccc5c4n(c3c1C2)-c1ccccc1C5.c1ccc2c(c1)Cc1ccc3c(c1-2)-c1ccc2c4cccc5c4n(c2c1C3)-c1ccccc1C5.c1ccc2c(c1)Cc1ccc3c(c1-2)Cc1ccc2c4cccc5c4n(c2c1-3)-c1ccccc1C5. The highest BCUT2D eigenvalue weighted by atomic mass is 15.0. The second-order valence-electron chi connectivity index (χ2n) is 30.3. The molecule has 6 heterocycles. The van der Waals surface area contributed by atoms with Gasteiger partial charge >= 0.3 is 0 Å². The molecule has 3 aliphatic heterocycles. The summed E-state index contributed by atoms with van der Waals surface area (Å²) in [7, 11) is 0. The molecule has 670 valence electrons. The maximum absolute atomic E-state index is 2.58. The highest BCUT2D eigenvalue weighted by molar-refractivity contribution is 6.19. The smallest absolute Gasteiger partial charge is 0.0622 e. The normalized spacial score (nSPS) is 11.7. The van der Waals surface area contributed by atoms with Crippen LogP contribution in [-0.4, -0.2) is 13.7 Å². The van der Waals surface area contributed by atoms with E-state index in [1.165, 1.54) is 249 Å². The Morgan fingerprint density at radius 3 is 0.800 bits per heavy atom. The number of rotatable bonds is 0. The van der Waals surface area contributed by atoms with Crippen molar-refractivity contribution in [2.24, 2.45) is 0 Å². The first-order valence-corrected chi connectivity index (χ1v) is 50.8. The van der Waals surface area contributed by atoms with Gasteiger partial charge in [-0.15, -0.1) is 0 Å². The molecule has 27 rings (SSSR count). The van der Waals surface area contributed by atoms with Crippen molar-refractivity contribution in [3.8, 4) is 83.8 Å². The van der Waals surface area contributed by atoms with E-state index in [9.17, 15) is 0 Å². The van der Waals surface area contributed by atoms with Gasteiger partial charge in [-0.05, 0) is 205 Å². The minimum atomic E-state index is 1.01. The number of nitrogens with zero attached hydrogens (tertiary/aromatic N) is 3. The van der Waals surface area contributed by atoms with E-state index >= 15 is 0 Å². The molecule has 0 atom stereocenters. The van der Waals surface area contributed by atoms with Gasteiger partial charge in [0.05, 0.1) is 33.1 Å². The molecule has 0 saturated carbocycles. The number of hydrogen-bond donors (Lipinski definition) is 0. The van der Waals surface area contributed by atoms with E-state index in [0.717, 1.165) is 57.8 Å². The van der Waals surface area contributed by atoms with Gasteiger partial charge in [0.15, 0.2) is 0 Å². The first-order chi connectivity index (χ1) is 64.6. The summed E-state index contributed by atoms with van der Waals surface area (Å²) >= 11 is 0. The number of hydrogen-bond acceptors (Lipinski definition) is 0. The van der Waals surface area contributed by atoms with E-state index in [1.54, 1.807) is 0 Å². The van der Waals surface area contributed by atoms with Gasteiger partial charge in [0, 0.05) is 87.0 Å². The lowest BCUT2D eigenvalue weighted by Crippen LogP contribution is -2.08. The lowest BCUT2D eigenvalue weighted by molar-refractivity contribution is 1.04. The molecule has 0 unspecified atom stereocenters. The van der Waals surface area contributed by atoms with Crippen LogP contribution in [0, 0.1) is 0 Å². The van der Waals surface area contributed by atoms with Crippen molar-refractivity contribution < 1.29 is 0 Å². The monoisotopic (exact) mass is 1710 g/mol. The van der Waals surface area contributed by atoms with Crippen molar-refractivity contribution in [2.45, 2.75) is 252 Å². The zero-order valence-corrected chi connectivity index (χ0v) is 84.2. The maximum atomic E-state index is 2.58. The van der Waals surface area contributed by atoms with Gasteiger partial charge in [-0.1, -0.05) is 449 Å². The average Bonchev–Trinajstić information content (AvgIpc) is 1.54. The van der Waals surface area contributed by atoms with E-state index in [4.69, 9.17) is 0 Å². The highest BCUT2D eigenvalue weighted by Gasteiger charge is 2.37. The largest absolute Gasteiger partial charge is 0.308 e. The van der Waals surface area contributed by atoms with Crippen LogP contribution in [0.15, 0.2) is 273 Å². The molecule has 9 aliphatic rings. The Balaban J connectivity index is 0.000000166. The predicted molar refractivity (Wildman–Crippen MR) is 579 cm³/mol. The van der Waals surface area contributed by atoms with E-state index in [1.807, 2.05) is 194 Å². The van der Waals surface area contributed by atoms with Crippen LogP contribution in [0.2, 0.25) is 0 Å². The van der Waals surface area contributed by atoms with Crippen LogP contribution >= 0.6 is 0 Å². The fourth-order valence-electron chi connectivity index (χ4n) is 21.3. The Kier molecular flexibility index (Phi) is 34.3. The summed E-state index contributed by atoms with van der Waals surface area (Å²) in [6.07, 6.45) is 9.22. The van der Waals surface area contributed by atoms with Crippen molar-refractivity contribution in [1.29, 1.82) is 0 Å². The fourth-order valence-corrected chi connectivity index (χ4v) is 21.3. The van der Waals surface area contributed by atoms with Gasteiger partial charge in [0.25, 0.3) is 0 Å². The molecule has 6 aliphatic carbocycles. The van der Waals surface area contributed by atoms with Gasteiger partial charge < -0.3 is 13.7 Å². The summed E-state index contributed by atoms with van der Waals surface area (Å²) in [5.74, 6) is 0. The Morgan fingerprint density at radius 1 is 0.131 bits per heavy atom. The van der Waals surface area contributed by atoms with Gasteiger partial charge in [-0.2, -0.15) is 0 Å². The fraction of sp³-hybridized carbons (Fsp3) is 0.291. The quantitative estimate of drug-likeness (QED) is 0.144. The number of para-hydroxylation sites is 6. The van der Waals surface area contributed by atoms with Crippen LogP contribution in [0.1, 0.15) is 294 Å². The molecular formula is C127H147N3. The Bertz CT molecular complexity index is 6970. The van der Waals surface area contributed by atoms with Crippen molar-refractivity contribution in [2.75, 3.05) is 0 Å². The second kappa shape index (κ2) is 45.3.